The van der Waals surface area contributed by atoms with Crippen molar-refractivity contribution in [1.82, 2.24) is 4.98 Å². The van der Waals surface area contributed by atoms with E-state index in [4.69, 9.17) is 0 Å². The van der Waals surface area contributed by atoms with Gasteiger partial charge in [0.15, 0.2) is 0 Å². The number of rotatable bonds is 0. The van der Waals surface area contributed by atoms with E-state index >= 15 is 0 Å². The number of aromatic amines is 1. The molecule has 0 unspecified atom stereocenters. The van der Waals surface area contributed by atoms with Crippen molar-refractivity contribution in [3.8, 4) is 0 Å². The van der Waals surface area contributed by atoms with Crippen molar-refractivity contribution in [2.75, 3.05) is 0 Å². The summed E-state index contributed by atoms with van der Waals surface area (Å²) in [5.41, 5.74) is 4.29. The third-order valence-electron chi connectivity index (χ3n) is 3.07. The predicted molar refractivity (Wildman–Crippen MR) is 66.6 cm³/mol. The van der Waals surface area contributed by atoms with E-state index in [1.807, 2.05) is 24.3 Å². The molecule has 3 aromatic rings. The van der Waals surface area contributed by atoms with Crippen molar-refractivity contribution in [2.45, 2.75) is 12.8 Å². The van der Waals surface area contributed by atoms with Crippen LogP contribution >= 0.6 is 0 Å². The summed E-state index contributed by atoms with van der Waals surface area (Å²) in [6, 6.07) is 16.6. The molecule has 0 amide bonds. The third kappa shape index (κ3) is 4.28. The third-order valence-corrected chi connectivity index (χ3v) is 3.07. The van der Waals surface area contributed by atoms with Gasteiger partial charge in [0.2, 0.25) is 0 Å². The Hall–Kier alpha value is -0.427. The number of hydrogen-bond acceptors (Lipinski definition) is 0. The SMILES string of the molecule is [Cl-].[Cl-].[Zr+4].[c-]1cc2ccccc2[nH]1.c1cc2[c-](c1)CC2. The van der Waals surface area contributed by atoms with Gasteiger partial charge in [0.1, 0.15) is 0 Å². The van der Waals surface area contributed by atoms with Crippen molar-refractivity contribution in [2.24, 2.45) is 0 Å². The number of fused-ring (bicyclic) bond motifs is 2. The van der Waals surface area contributed by atoms with Crippen molar-refractivity contribution < 1.29 is 51.0 Å². The zero-order valence-electron chi connectivity index (χ0n) is 10.3. The monoisotopic (exact) mass is 367 g/mol. The Bertz CT molecular complexity index is 552. The zero-order valence-corrected chi connectivity index (χ0v) is 14.3. The van der Waals surface area contributed by atoms with Gasteiger partial charge < -0.3 is 29.8 Å². The van der Waals surface area contributed by atoms with Gasteiger partial charge in [0.05, 0.1) is 0 Å². The Labute approximate surface area is 145 Å². The Morgan fingerprint density at radius 2 is 1.84 bits per heavy atom. The van der Waals surface area contributed by atoms with Crippen LogP contribution in [0, 0.1) is 6.20 Å². The number of benzene rings is 1. The molecule has 0 bridgehead atoms. The molecule has 96 valence electrons. The minimum atomic E-state index is 0. The Balaban J connectivity index is 0.000000300. The van der Waals surface area contributed by atoms with Gasteiger partial charge in [-0.05, 0) is 0 Å². The molecular formula is C15H13Cl2NZr. The van der Waals surface area contributed by atoms with Crippen LogP contribution in [-0.2, 0) is 39.0 Å². The predicted octanol–water partition coefficient (Wildman–Crippen LogP) is -2.52. The number of hydrogen-bond donors (Lipinski definition) is 1. The van der Waals surface area contributed by atoms with E-state index in [0.717, 1.165) is 5.52 Å². The summed E-state index contributed by atoms with van der Waals surface area (Å²) < 4.78 is 0. The first kappa shape index (κ1) is 18.6. The molecule has 1 aromatic heterocycles. The van der Waals surface area contributed by atoms with Crippen LogP contribution in [-0.4, -0.2) is 4.98 Å². The minimum Gasteiger partial charge on any atom is -1.00 e. The fourth-order valence-electron chi connectivity index (χ4n) is 2.00. The van der Waals surface area contributed by atoms with Crippen LogP contribution in [0.4, 0.5) is 0 Å². The molecule has 0 fully saturated rings. The van der Waals surface area contributed by atoms with E-state index in [9.17, 15) is 0 Å². The van der Waals surface area contributed by atoms with Crippen LogP contribution in [0.15, 0.2) is 48.5 Å². The van der Waals surface area contributed by atoms with Gasteiger partial charge >= 0.3 is 26.2 Å². The second kappa shape index (κ2) is 8.69. The number of aryl methyl sites for hydroxylation is 2. The van der Waals surface area contributed by atoms with Gasteiger partial charge in [-0.15, -0.1) is 23.8 Å². The van der Waals surface area contributed by atoms with E-state index < -0.39 is 0 Å². The number of halogens is 2. The summed E-state index contributed by atoms with van der Waals surface area (Å²) in [5.74, 6) is 0. The quantitative estimate of drug-likeness (QED) is 0.421. The molecule has 2 aromatic carbocycles. The van der Waals surface area contributed by atoms with Gasteiger partial charge in [0.25, 0.3) is 0 Å². The molecule has 0 saturated heterocycles. The maximum absolute atomic E-state index is 2.99. The van der Waals surface area contributed by atoms with Gasteiger partial charge in [0, 0.05) is 0 Å². The summed E-state index contributed by atoms with van der Waals surface area (Å²) in [7, 11) is 0. The molecule has 0 atom stereocenters. The van der Waals surface area contributed by atoms with Crippen LogP contribution < -0.4 is 24.8 Å². The van der Waals surface area contributed by atoms with E-state index in [2.05, 4.69) is 35.4 Å². The molecule has 1 aliphatic carbocycles. The molecule has 0 aliphatic heterocycles. The second-order valence-corrected chi connectivity index (χ2v) is 4.08. The van der Waals surface area contributed by atoms with Gasteiger partial charge in [-0.25, -0.2) is 12.1 Å². The summed E-state index contributed by atoms with van der Waals surface area (Å²) in [5, 5.41) is 1.22. The van der Waals surface area contributed by atoms with Crippen molar-refractivity contribution in [3.05, 3.63) is 65.9 Å². The number of H-pyrrole nitrogens is 1. The molecule has 1 N–H and O–H groups in total. The average molecular weight is 369 g/mol. The molecular weight excluding hydrogens is 356 g/mol. The maximum atomic E-state index is 2.99. The van der Waals surface area contributed by atoms with E-state index in [-0.39, 0.29) is 51.0 Å². The normalized spacial score (nSPS) is 10.5. The fourth-order valence-corrected chi connectivity index (χ4v) is 2.00. The zero-order chi connectivity index (χ0) is 10.8. The largest absolute Gasteiger partial charge is 4.00 e. The molecule has 1 nitrogen and oxygen atoms in total. The minimum absolute atomic E-state index is 0. The summed E-state index contributed by atoms with van der Waals surface area (Å²) in [6.07, 6.45) is 5.56. The van der Waals surface area contributed by atoms with Crippen molar-refractivity contribution in [3.63, 3.8) is 0 Å². The Morgan fingerprint density at radius 3 is 2.37 bits per heavy atom. The topological polar surface area (TPSA) is 15.8 Å². The molecule has 19 heavy (non-hydrogen) atoms. The number of nitrogens with one attached hydrogen (secondary N) is 1. The number of para-hydroxylation sites is 1. The number of aromatic nitrogens is 1. The van der Waals surface area contributed by atoms with Crippen LogP contribution in [0.1, 0.15) is 11.1 Å². The Kier molecular flexibility index (Phi) is 8.49. The van der Waals surface area contributed by atoms with Crippen molar-refractivity contribution in [1.29, 1.82) is 0 Å². The molecule has 4 heteroatoms. The molecule has 0 spiro atoms. The second-order valence-electron chi connectivity index (χ2n) is 4.08. The standard InChI is InChI=1S/C8H6N.C7H7.2ClH.Zr/c1-2-4-8-7(3-1)5-6-9-8;1-2-6-4-5-7(6)3-1;;;/h1-5,9H;1-3H,4-5H2;2*1H;/q2*-1;;;+4/p-2. The fraction of sp³-hybridized carbons (Fsp3) is 0.133. The van der Waals surface area contributed by atoms with Gasteiger partial charge in [-0.1, -0.05) is 25.0 Å². The smallest absolute Gasteiger partial charge is 1.00 e. The van der Waals surface area contributed by atoms with Gasteiger partial charge in [-0.2, -0.15) is 28.6 Å². The van der Waals surface area contributed by atoms with Crippen LogP contribution in [0.3, 0.4) is 0 Å². The first-order valence-electron chi connectivity index (χ1n) is 5.61. The van der Waals surface area contributed by atoms with Crippen LogP contribution in [0.2, 0.25) is 0 Å². The van der Waals surface area contributed by atoms with Gasteiger partial charge in [-0.3, -0.25) is 0 Å². The molecule has 1 heterocycles. The van der Waals surface area contributed by atoms with Crippen molar-refractivity contribution >= 4 is 10.9 Å². The summed E-state index contributed by atoms with van der Waals surface area (Å²) in [4.78, 5) is 2.99. The summed E-state index contributed by atoms with van der Waals surface area (Å²) in [6.45, 7) is 0. The molecule has 0 radical (unpaired) electrons. The maximum Gasteiger partial charge on any atom is 4.00 e. The van der Waals surface area contributed by atoms with E-state index in [0.29, 0.717) is 0 Å². The Morgan fingerprint density at radius 1 is 1.05 bits per heavy atom. The van der Waals surface area contributed by atoms with E-state index in [1.54, 1.807) is 11.1 Å². The summed E-state index contributed by atoms with van der Waals surface area (Å²) >= 11 is 0. The van der Waals surface area contributed by atoms with Crippen LogP contribution in [0.25, 0.3) is 10.9 Å². The molecule has 0 saturated carbocycles. The first-order valence-corrected chi connectivity index (χ1v) is 5.61. The van der Waals surface area contributed by atoms with Crippen LogP contribution in [0.5, 0.6) is 0 Å². The molecule has 4 rings (SSSR count). The average Bonchev–Trinajstić information content (AvgIpc) is 2.86. The molecule has 1 aliphatic rings. The van der Waals surface area contributed by atoms with E-state index in [1.165, 1.54) is 18.2 Å². The first-order chi connectivity index (χ1) is 7.93.